The number of aromatic nitrogens is 2. The zero-order chi connectivity index (χ0) is 20.5. The van der Waals surface area contributed by atoms with E-state index in [-0.39, 0.29) is 11.6 Å². The molecule has 2 heterocycles. The van der Waals surface area contributed by atoms with Crippen molar-refractivity contribution in [2.75, 3.05) is 13.7 Å². The molecule has 3 aromatic rings. The van der Waals surface area contributed by atoms with Crippen LogP contribution in [0.25, 0.3) is 21.5 Å². The number of esters is 1. The Hall–Kier alpha value is -2.69. The minimum atomic E-state index is -0.351. The summed E-state index contributed by atoms with van der Waals surface area (Å²) < 4.78 is 12.7. The van der Waals surface area contributed by atoms with E-state index in [1.54, 1.807) is 21.0 Å². The second-order valence-electron chi connectivity index (χ2n) is 7.13. The van der Waals surface area contributed by atoms with Gasteiger partial charge in [-0.05, 0) is 45.9 Å². The van der Waals surface area contributed by atoms with Gasteiger partial charge in [0.05, 0.1) is 30.0 Å². The van der Waals surface area contributed by atoms with Gasteiger partial charge in [0.1, 0.15) is 16.0 Å². The molecule has 0 spiro atoms. The number of carbonyl (C=O) groups excluding carboxylic acids is 1. The number of ether oxygens (including phenoxy) is 2. The summed E-state index contributed by atoms with van der Waals surface area (Å²) in [6.45, 7) is 8.55. The average molecular weight is 398 g/mol. The Kier molecular flexibility index (Phi) is 5.54. The van der Waals surface area contributed by atoms with Crippen LogP contribution < -0.4 is 0 Å². The molecular formula is C21H23N3O3S. The minimum Gasteiger partial charge on any atom is -0.462 e. The van der Waals surface area contributed by atoms with Crippen LogP contribution in [0.15, 0.2) is 24.4 Å². The maximum Gasteiger partial charge on any atom is 0.350 e. The molecule has 0 unspecified atom stereocenters. The molecule has 1 aromatic carbocycles. The van der Waals surface area contributed by atoms with E-state index in [0.717, 1.165) is 21.5 Å². The van der Waals surface area contributed by atoms with E-state index in [1.165, 1.54) is 11.3 Å². The van der Waals surface area contributed by atoms with Crippen molar-refractivity contribution >= 4 is 28.2 Å². The number of hydrogen-bond donors (Lipinski definition) is 0. The summed E-state index contributed by atoms with van der Waals surface area (Å²) in [4.78, 5) is 17.1. The number of thiazole rings is 1. The maximum atomic E-state index is 12.1. The highest BCUT2D eigenvalue weighted by Gasteiger charge is 2.21. The lowest BCUT2D eigenvalue weighted by Crippen LogP contribution is -2.28. The second-order valence-corrected chi connectivity index (χ2v) is 8.13. The predicted octanol–water partition coefficient (Wildman–Crippen LogP) is 4.55. The third-order valence-electron chi connectivity index (χ3n) is 4.61. The highest BCUT2D eigenvalue weighted by molar-refractivity contribution is 7.17. The van der Waals surface area contributed by atoms with Gasteiger partial charge in [-0.25, -0.2) is 9.78 Å². The fourth-order valence-corrected chi connectivity index (χ4v) is 3.99. The van der Waals surface area contributed by atoms with Crippen LogP contribution in [0.5, 0.6) is 0 Å². The summed E-state index contributed by atoms with van der Waals surface area (Å²) in [7, 11) is 1.68. The zero-order valence-corrected chi connectivity index (χ0v) is 17.5. The largest absolute Gasteiger partial charge is 0.462 e. The lowest BCUT2D eigenvalue weighted by atomic mass is 10.1. The number of nitriles is 1. The quantitative estimate of drug-likeness (QED) is 0.571. The number of fused-ring (bicyclic) bond motifs is 1. The molecule has 3 rings (SSSR count). The molecule has 6 nitrogen and oxygen atoms in total. The van der Waals surface area contributed by atoms with Gasteiger partial charge in [-0.2, -0.15) is 5.26 Å². The topological polar surface area (TPSA) is 77.1 Å². The lowest BCUT2D eigenvalue weighted by Gasteiger charge is -2.24. The number of nitrogens with zero attached hydrogens (tertiary/aromatic N) is 3. The molecule has 0 N–H and O–H groups in total. The first kappa shape index (κ1) is 20.1. The normalized spacial score (nSPS) is 11.6. The van der Waals surface area contributed by atoms with Gasteiger partial charge in [0.2, 0.25) is 0 Å². The number of aryl methyl sites for hydroxylation is 1. The van der Waals surface area contributed by atoms with E-state index in [4.69, 9.17) is 9.47 Å². The SMILES string of the molecule is CCOC(=O)c1sc(-c2ccc3c(c2)c(C#N)cn3CC(C)(C)OC)nc1C. The first-order chi connectivity index (χ1) is 13.3. The Morgan fingerprint density at radius 1 is 1.39 bits per heavy atom. The van der Waals surface area contributed by atoms with Gasteiger partial charge in [0, 0.05) is 29.8 Å². The van der Waals surface area contributed by atoms with Gasteiger partial charge in [-0.15, -0.1) is 11.3 Å². The van der Waals surface area contributed by atoms with E-state index in [1.807, 2.05) is 42.8 Å². The Bertz CT molecular complexity index is 1070. The summed E-state index contributed by atoms with van der Waals surface area (Å²) in [5.41, 5.74) is 2.74. The van der Waals surface area contributed by atoms with Crippen molar-refractivity contribution in [3.63, 3.8) is 0 Å². The summed E-state index contributed by atoms with van der Waals surface area (Å²) in [6, 6.07) is 8.18. The lowest BCUT2D eigenvalue weighted by molar-refractivity contribution is 0.00912. The first-order valence-electron chi connectivity index (χ1n) is 9.02. The van der Waals surface area contributed by atoms with Gasteiger partial charge in [0.15, 0.2) is 0 Å². The van der Waals surface area contributed by atoms with Crippen LogP contribution in [-0.2, 0) is 16.0 Å². The van der Waals surface area contributed by atoms with E-state index in [2.05, 4.69) is 11.1 Å². The van der Waals surface area contributed by atoms with Crippen LogP contribution in [-0.4, -0.2) is 34.8 Å². The minimum absolute atomic E-state index is 0.328. The fourth-order valence-electron chi connectivity index (χ4n) is 3.03. The Morgan fingerprint density at radius 3 is 2.79 bits per heavy atom. The van der Waals surface area contributed by atoms with Crippen LogP contribution >= 0.6 is 11.3 Å². The van der Waals surface area contributed by atoms with Crippen molar-refractivity contribution in [3.8, 4) is 16.6 Å². The summed E-state index contributed by atoms with van der Waals surface area (Å²) in [5, 5.41) is 11.2. The van der Waals surface area contributed by atoms with Gasteiger partial charge < -0.3 is 14.0 Å². The van der Waals surface area contributed by atoms with Crippen molar-refractivity contribution in [1.29, 1.82) is 5.26 Å². The molecule has 0 aliphatic carbocycles. The van der Waals surface area contributed by atoms with Gasteiger partial charge in [-0.1, -0.05) is 0 Å². The molecule has 0 aliphatic heterocycles. The Morgan fingerprint density at radius 2 is 2.14 bits per heavy atom. The Labute approximate surface area is 168 Å². The Balaban J connectivity index is 2.05. The van der Waals surface area contributed by atoms with Gasteiger partial charge >= 0.3 is 5.97 Å². The van der Waals surface area contributed by atoms with E-state index >= 15 is 0 Å². The summed E-state index contributed by atoms with van der Waals surface area (Å²) in [5.74, 6) is -0.351. The molecule has 0 atom stereocenters. The molecule has 146 valence electrons. The standard InChI is InChI=1S/C21H23N3O3S/c1-6-27-20(25)18-13(2)23-19(28-18)14-7-8-17-16(9-14)15(10-22)11-24(17)12-21(3,4)26-5/h7-9,11H,6,12H2,1-5H3. The van der Waals surface area contributed by atoms with Crippen molar-refractivity contribution in [2.24, 2.45) is 0 Å². The highest BCUT2D eigenvalue weighted by atomic mass is 32.1. The van der Waals surface area contributed by atoms with Crippen LogP contribution in [0, 0.1) is 18.3 Å². The highest BCUT2D eigenvalue weighted by Crippen LogP contribution is 2.32. The molecule has 0 bridgehead atoms. The van der Waals surface area contributed by atoms with Gasteiger partial charge in [-0.3, -0.25) is 0 Å². The third kappa shape index (κ3) is 3.79. The molecule has 7 heteroatoms. The van der Waals surface area contributed by atoms with E-state index in [9.17, 15) is 10.1 Å². The van der Waals surface area contributed by atoms with Crippen molar-refractivity contribution in [3.05, 3.63) is 40.5 Å². The smallest absolute Gasteiger partial charge is 0.350 e. The van der Waals surface area contributed by atoms with Crippen molar-refractivity contribution in [1.82, 2.24) is 9.55 Å². The molecule has 28 heavy (non-hydrogen) atoms. The van der Waals surface area contributed by atoms with E-state index in [0.29, 0.717) is 29.3 Å². The number of benzene rings is 1. The van der Waals surface area contributed by atoms with Crippen LogP contribution in [0.4, 0.5) is 0 Å². The predicted molar refractivity (Wildman–Crippen MR) is 110 cm³/mol. The van der Waals surface area contributed by atoms with Crippen molar-refractivity contribution < 1.29 is 14.3 Å². The van der Waals surface area contributed by atoms with Crippen LogP contribution in [0.3, 0.4) is 0 Å². The van der Waals surface area contributed by atoms with Gasteiger partial charge in [0.25, 0.3) is 0 Å². The van der Waals surface area contributed by atoms with E-state index < -0.39 is 0 Å². The first-order valence-corrected chi connectivity index (χ1v) is 9.84. The molecule has 0 fully saturated rings. The summed E-state index contributed by atoms with van der Waals surface area (Å²) in [6.07, 6.45) is 1.85. The fraction of sp³-hybridized carbons (Fsp3) is 0.381. The molecule has 0 amide bonds. The number of hydrogen-bond acceptors (Lipinski definition) is 6. The zero-order valence-electron chi connectivity index (χ0n) is 16.7. The maximum absolute atomic E-state index is 12.1. The second kappa shape index (κ2) is 7.74. The third-order valence-corrected chi connectivity index (χ3v) is 5.80. The number of methoxy groups -OCH3 is 1. The average Bonchev–Trinajstić information content (AvgIpc) is 3.22. The molecule has 2 aromatic heterocycles. The molecule has 0 saturated carbocycles. The van der Waals surface area contributed by atoms with Crippen molar-refractivity contribution in [2.45, 2.75) is 39.8 Å². The van der Waals surface area contributed by atoms with Crippen LogP contribution in [0.1, 0.15) is 41.7 Å². The number of rotatable bonds is 6. The molecule has 0 saturated heterocycles. The molecular weight excluding hydrogens is 374 g/mol. The molecule has 0 radical (unpaired) electrons. The summed E-state index contributed by atoms with van der Waals surface area (Å²) >= 11 is 1.31. The number of carbonyl (C=O) groups is 1. The molecule has 0 aliphatic rings. The van der Waals surface area contributed by atoms with Crippen LogP contribution in [0.2, 0.25) is 0 Å². The monoisotopic (exact) mass is 397 g/mol.